The first-order valence-electron chi connectivity index (χ1n) is 7.45. The Morgan fingerprint density at radius 2 is 1.44 bits per heavy atom. The van der Waals surface area contributed by atoms with Crippen LogP contribution in [0.3, 0.4) is 0 Å². The summed E-state index contributed by atoms with van der Waals surface area (Å²) in [4.78, 5) is 0. The molecule has 0 aromatic carbocycles. The molecule has 1 N–H and O–H groups in total. The molecule has 2 aliphatic carbocycles. The van der Waals surface area contributed by atoms with E-state index in [9.17, 15) is 13.9 Å². The van der Waals surface area contributed by atoms with Gasteiger partial charge in [0.25, 0.3) is 0 Å². The van der Waals surface area contributed by atoms with Crippen LogP contribution in [0.15, 0.2) is 0 Å². The molecule has 1 nitrogen and oxygen atoms in total. The monoisotopic (exact) mass is 260 g/mol. The van der Waals surface area contributed by atoms with E-state index in [-0.39, 0.29) is 12.0 Å². The van der Waals surface area contributed by atoms with Gasteiger partial charge < -0.3 is 5.11 Å². The standard InChI is InChI=1S/C15H26F2O/c1-9-14(16)7-13(8-15(9)17)12-5-3-11(4-6-12)10(2)18/h9-15,18H,3-8H2,1-2H3. The van der Waals surface area contributed by atoms with Crippen molar-refractivity contribution in [2.45, 2.75) is 70.8 Å². The quantitative estimate of drug-likeness (QED) is 0.798. The van der Waals surface area contributed by atoms with Crippen LogP contribution in [0.5, 0.6) is 0 Å². The number of aliphatic hydroxyl groups excluding tert-OH is 1. The van der Waals surface area contributed by atoms with Gasteiger partial charge >= 0.3 is 0 Å². The summed E-state index contributed by atoms with van der Waals surface area (Å²) in [6.07, 6.45) is 3.03. The smallest absolute Gasteiger partial charge is 0.106 e. The average molecular weight is 260 g/mol. The van der Waals surface area contributed by atoms with Crippen molar-refractivity contribution in [2.24, 2.45) is 23.7 Å². The molecule has 0 saturated heterocycles. The Kier molecular flexibility index (Phi) is 4.63. The third-order valence-electron chi connectivity index (χ3n) is 5.36. The van der Waals surface area contributed by atoms with E-state index < -0.39 is 18.3 Å². The maximum Gasteiger partial charge on any atom is 0.106 e. The van der Waals surface area contributed by atoms with Crippen LogP contribution in [0.25, 0.3) is 0 Å². The highest BCUT2D eigenvalue weighted by Gasteiger charge is 2.39. The molecule has 3 heteroatoms. The first-order valence-corrected chi connectivity index (χ1v) is 7.45. The zero-order chi connectivity index (χ0) is 13.3. The van der Waals surface area contributed by atoms with Gasteiger partial charge in [0.05, 0.1) is 6.10 Å². The Labute approximate surface area is 109 Å². The van der Waals surface area contributed by atoms with Gasteiger partial charge in [0, 0.05) is 5.92 Å². The molecule has 2 rings (SSSR count). The van der Waals surface area contributed by atoms with Crippen LogP contribution in [0, 0.1) is 23.7 Å². The van der Waals surface area contributed by atoms with Crippen molar-refractivity contribution in [3.05, 3.63) is 0 Å². The van der Waals surface area contributed by atoms with Crippen molar-refractivity contribution >= 4 is 0 Å². The second kappa shape index (κ2) is 5.85. The van der Waals surface area contributed by atoms with Gasteiger partial charge in [0.15, 0.2) is 0 Å². The van der Waals surface area contributed by atoms with Crippen LogP contribution in [0.2, 0.25) is 0 Å². The SMILES string of the molecule is CC(O)C1CCC(C2CC(F)C(C)C(F)C2)CC1. The van der Waals surface area contributed by atoms with Crippen molar-refractivity contribution in [2.75, 3.05) is 0 Å². The summed E-state index contributed by atoms with van der Waals surface area (Å²) in [6, 6.07) is 0. The first-order chi connectivity index (χ1) is 8.49. The average Bonchev–Trinajstić information content (AvgIpc) is 2.35. The van der Waals surface area contributed by atoms with Gasteiger partial charge in [-0.25, -0.2) is 8.78 Å². The fourth-order valence-electron chi connectivity index (χ4n) is 3.81. The molecule has 0 radical (unpaired) electrons. The Morgan fingerprint density at radius 1 is 0.944 bits per heavy atom. The molecule has 18 heavy (non-hydrogen) atoms. The third kappa shape index (κ3) is 3.04. The van der Waals surface area contributed by atoms with Crippen LogP contribution in [0.1, 0.15) is 52.4 Å². The van der Waals surface area contributed by atoms with E-state index in [0.29, 0.717) is 24.7 Å². The summed E-state index contributed by atoms with van der Waals surface area (Å²) in [5, 5.41) is 9.57. The van der Waals surface area contributed by atoms with Gasteiger partial charge in [-0.1, -0.05) is 6.92 Å². The maximum atomic E-state index is 13.8. The molecule has 0 amide bonds. The molecular formula is C15H26F2O. The van der Waals surface area contributed by atoms with E-state index in [1.54, 1.807) is 6.92 Å². The van der Waals surface area contributed by atoms with Crippen LogP contribution in [-0.4, -0.2) is 23.6 Å². The molecule has 3 atom stereocenters. The normalized spacial score (nSPS) is 47.8. The van der Waals surface area contributed by atoms with Crippen LogP contribution >= 0.6 is 0 Å². The van der Waals surface area contributed by atoms with Crippen molar-refractivity contribution in [3.63, 3.8) is 0 Å². The molecule has 2 fully saturated rings. The molecule has 2 saturated carbocycles. The predicted molar refractivity (Wildman–Crippen MR) is 68.8 cm³/mol. The number of alkyl halides is 2. The Morgan fingerprint density at radius 3 is 1.89 bits per heavy atom. The van der Waals surface area contributed by atoms with Gasteiger partial charge in [-0.05, 0) is 63.2 Å². The Bertz CT molecular complexity index is 249. The molecule has 2 aliphatic rings. The predicted octanol–water partition coefficient (Wildman–Crippen LogP) is 3.90. The summed E-state index contributed by atoms with van der Waals surface area (Å²) in [6.45, 7) is 3.54. The number of aliphatic hydroxyl groups is 1. The van der Waals surface area contributed by atoms with E-state index in [2.05, 4.69) is 0 Å². The van der Waals surface area contributed by atoms with Crippen LogP contribution in [0.4, 0.5) is 8.78 Å². The third-order valence-corrected chi connectivity index (χ3v) is 5.36. The number of hydrogen-bond acceptors (Lipinski definition) is 1. The second-order valence-electron chi connectivity index (χ2n) is 6.54. The van der Waals surface area contributed by atoms with Gasteiger partial charge in [-0.15, -0.1) is 0 Å². The first kappa shape index (κ1) is 14.2. The van der Waals surface area contributed by atoms with Crippen molar-refractivity contribution in [1.82, 2.24) is 0 Å². The lowest BCUT2D eigenvalue weighted by Gasteiger charge is -2.40. The molecule has 0 aromatic heterocycles. The number of hydrogen-bond donors (Lipinski definition) is 1. The number of rotatable bonds is 2. The van der Waals surface area contributed by atoms with Gasteiger partial charge in [0.1, 0.15) is 12.3 Å². The highest BCUT2D eigenvalue weighted by atomic mass is 19.1. The van der Waals surface area contributed by atoms with Gasteiger partial charge in [0.2, 0.25) is 0 Å². The molecule has 0 bridgehead atoms. The largest absolute Gasteiger partial charge is 0.393 e. The summed E-state index contributed by atoms with van der Waals surface area (Å²) in [7, 11) is 0. The molecule has 3 unspecified atom stereocenters. The summed E-state index contributed by atoms with van der Waals surface area (Å²) >= 11 is 0. The van der Waals surface area contributed by atoms with Crippen LogP contribution < -0.4 is 0 Å². The Hall–Kier alpha value is -0.180. The van der Waals surface area contributed by atoms with Gasteiger partial charge in [-0.3, -0.25) is 0 Å². The van der Waals surface area contributed by atoms with E-state index >= 15 is 0 Å². The zero-order valence-electron chi connectivity index (χ0n) is 11.5. The fourth-order valence-corrected chi connectivity index (χ4v) is 3.81. The highest BCUT2D eigenvalue weighted by molar-refractivity contribution is 4.89. The molecule has 106 valence electrons. The highest BCUT2D eigenvalue weighted by Crippen LogP contribution is 2.43. The second-order valence-corrected chi connectivity index (χ2v) is 6.54. The molecule has 0 spiro atoms. The van der Waals surface area contributed by atoms with Crippen molar-refractivity contribution in [1.29, 1.82) is 0 Å². The van der Waals surface area contributed by atoms with Crippen LogP contribution in [-0.2, 0) is 0 Å². The van der Waals surface area contributed by atoms with E-state index in [0.717, 1.165) is 25.7 Å². The molecule has 0 aliphatic heterocycles. The number of halogens is 2. The summed E-state index contributed by atoms with van der Waals surface area (Å²) in [5.74, 6) is 0.673. The topological polar surface area (TPSA) is 20.2 Å². The van der Waals surface area contributed by atoms with Crippen molar-refractivity contribution in [3.8, 4) is 0 Å². The lowest BCUT2D eigenvalue weighted by Crippen LogP contribution is -2.38. The minimum absolute atomic E-state index is 0.223. The summed E-state index contributed by atoms with van der Waals surface area (Å²) < 4.78 is 27.5. The molecule has 0 aromatic rings. The molecular weight excluding hydrogens is 234 g/mol. The lowest BCUT2D eigenvalue weighted by atomic mass is 9.68. The van der Waals surface area contributed by atoms with E-state index in [4.69, 9.17) is 0 Å². The lowest BCUT2D eigenvalue weighted by molar-refractivity contribution is 0.0135. The summed E-state index contributed by atoms with van der Waals surface area (Å²) in [5.41, 5.74) is 0. The van der Waals surface area contributed by atoms with Gasteiger partial charge in [-0.2, -0.15) is 0 Å². The minimum atomic E-state index is -0.965. The van der Waals surface area contributed by atoms with E-state index in [1.807, 2.05) is 6.92 Å². The Balaban J connectivity index is 1.86. The fraction of sp³-hybridized carbons (Fsp3) is 1.00. The van der Waals surface area contributed by atoms with E-state index in [1.165, 1.54) is 0 Å². The molecule has 0 heterocycles. The minimum Gasteiger partial charge on any atom is -0.393 e. The van der Waals surface area contributed by atoms with Crippen molar-refractivity contribution < 1.29 is 13.9 Å². The zero-order valence-corrected chi connectivity index (χ0v) is 11.5. The maximum absolute atomic E-state index is 13.8.